The summed E-state index contributed by atoms with van der Waals surface area (Å²) in [5.41, 5.74) is 1.81. The van der Waals surface area contributed by atoms with Gasteiger partial charge in [-0.1, -0.05) is 27.7 Å². The first-order valence-corrected chi connectivity index (χ1v) is 5.22. The molecule has 0 aliphatic rings. The monoisotopic (exact) mass is 194 g/mol. The van der Waals surface area contributed by atoms with Crippen LogP contribution in [0.3, 0.4) is 0 Å². The van der Waals surface area contributed by atoms with Gasteiger partial charge < -0.3 is 4.98 Å². The summed E-state index contributed by atoms with van der Waals surface area (Å²) in [7, 11) is 0. The lowest BCUT2D eigenvalue weighted by molar-refractivity contribution is 0.768. The minimum atomic E-state index is 0.0312. The minimum Gasteiger partial charge on any atom is -0.310 e. The van der Waals surface area contributed by atoms with E-state index in [0.717, 1.165) is 29.9 Å². The second kappa shape index (κ2) is 4.40. The molecule has 1 heterocycles. The Bertz CT molecular complexity index is 366. The van der Waals surface area contributed by atoms with Crippen molar-refractivity contribution in [3.63, 3.8) is 0 Å². The molecule has 0 spiro atoms. The van der Waals surface area contributed by atoms with Crippen LogP contribution in [0.25, 0.3) is 0 Å². The van der Waals surface area contributed by atoms with Crippen molar-refractivity contribution in [3.05, 3.63) is 27.4 Å². The van der Waals surface area contributed by atoms with E-state index in [9.17, 15) is 4.79 Å². The molecule has 0 saturated heterocycles. The normalized spacial score (nSPS) is 10.9. The van der Waals surface area contributed by atoms with Gasteiger partial charge in [0.25, 0.3) is 5.56 Å². The number of nitrogens with one attached hydrogen (secondary N) is 1. The minimum absolute atomic E-state index is 0.0312. The maximum atomic E-state index is 11.7. The van der Waals surface area contributed by atoms with Gasteiger partial charge >= 0.3 is 0 Å². The third kappa shape index (κ3) is 2.03. The summed E-state index contributed by atoms with van der Waals surface area (Å²) < 4.78 is 0. The van der Waals surface area contributed by atoms with Gasteiger partial charge in [0.1, 0.15) is 5.82 Å². The van der Waals surface area contributed by atoms with Gasteiger partial charge in [-0.3, -0.25) is 4.79 Å². The Morgan fingerprint density at radius 2 is 1.93 bits per heavy atom. The van der Waals surface area contributed by atoms with Crippen molar-refractivity contribution >= 4 is 0 Å². The van der Waals surface area contributed by atoms with Crippen LogP contribution in [0.5, 0.6) is 0 Å². The number of aromatic amines is 1. The van der Waals surface area contributed by atoms with Gasteiger partial charge in [-0.05, 0) is 12.3 Å². The smallest absolute Gasteiger partial charge is 0.254 e. The van der Waals surface area contributed by atoms with Crippen LogP contribution in [0.2, 0.25) is 0 Å². The van der Waals surface area contributed by atoms with Gasteiger partial charge in [0, 0.05) is 12.0 Å². The van der Waals surface area contributed by atoms with E-state index in [1.165, 1.54) is 0 Å². The lowest BCUT2D eigenvalue weighted by Crippen LogP contribution is -2.20. The maximum Gasteiger partial charge on any atom is 0.254 e. The Hall–Kier alpha value is -1.12. The fourth-order valence-electron chi connectivity index (χ4n) is 1.61. The predicted molar refractivity (Wildman–Crippen MR) is 57.7 cm³/mol. The van der Waals surface area contributed by atoms with Gasteiger partial charge in [0.2, 0.25) is 0 Å². The van der Waals surface area contributed by atoms with Crippen LogP contribution in [-0.2, 0) is 12.8 Å². The Kier molecular flexibility index (Phi) is 3.44. The molecule has 1 rings (SSSR count). The summed E-state index contributed by atoms with van der Waals surface area (Å²) in [6.45, 7) is 8.08. The van der Waals surface area contributed by atoms with E-state index in [-0.39, 0.29) is 11.5 Å². The quantitative estimate of drug-likeness (QED) is 0.800. The van der Waals surface area contributed by atoms with Crippen molar-refractivity contribution in [2.24, 2.45) is 0 Å². The lowest BCUT2D eigenvalue weighted by Gasteiger charge is -2.10. The lowest BCUT2D eigenvalue weighted by atomic mass is 10.0. The molecule has 0 saturated carbocycles. The molecule has 14 heavy (non-hydrogen) atoms. The zero-order chi connectivity index (χ0) is 10.7. The topological polar surface area (TPSA) is 45.8 Å². The molecule has 0 radical (unpaired) electrons. The first kappa shape index (κ1) is 11.0. The average Bonchev–Trinajstić information content (AvgIpc) is 2.15. The first-order chi connectivity index (χ1) is 6.60. The van der Waals surface area contributed by atoms with Crippen LogP contribution in [0.15, 0.2) is 4.79 Å². The molecule has 78 valence electrons. The van der Waals surface area contributed by atoms with Crippen molar-refractivity contribution in [1.82, 2.24) is 9.97 Å². The number of nitrogens with zero attached hydrogens (tertiary/aromatic N) is 1. The maximum absolute atomic E-state index is 11.7. The summed E-state index contributed by atoms with van der Waals surface area (Å²) in [5.74, 6) is 1.03. The second-order valence-electron chi connectivity index (χ2n) is 3.73. The molecule has 0 fully saturated rings. The second-order valence-corrected chi connectivity index (χ2v) is 3.73. The molecule has 0 atom stereocenters. The van der Waals surface area contributed by atoms with Crippen molar-refractivity contribution < 1.29 is 0 Å². The van der Waals surface area contributed by atoms with E-state index in [1.54, 1.807) is 0 Å². The SMILES string of the molecule is CCc1nc(CC)c(C(C)C)c(=O)[nH]1. The van der Waals surface area contributed by atoms with Gasteiger partial charge in [-0.2, -0.15) is 0 Å². The average molecular weight is 194 g/mol. The molecule has 0 aliphatic carbocycles. The van der Waals surface area contributed by atoms with E-state index in [1.807, 2.05) is 27.7 Å². The molecule has 0 aliphatic heterocycles. The first-order valence-electron chi connectivity index (χ1n) is 5.22. The highest BCUT2D eigenvalue weighted by atomic mass is 16.1. The zero-order valence-corrected chi connectivity index (χ0v) is 9.35. The molecule has 3 heteroatoms. The third-order valence-electron chi connectivity index (χ3n) is 2.33. The third-order valence-corrected chi connectivity index (χ3v) is 2.33. The van der Waals surface area contributed by atoms with Gasteiger partial charge in [-0.25, -0.2) is 4.98 Å². The van der Waals surface area contributed by atoms with Crippen LogP contribution < -0.4 is 5.56 Å². The van der Waals surface area contributed by atoms with E-state index in [0.29, 0.717) is 0 Å². The van der Waals surface area contributed by atoms with E-state index >= 15 is 0 Å². The molecule has 3 nitrogen and oxygen atoms in total. The summed E-state index contributed by atoms with van der Waals surface area (Å²) in [4.78, 5) is 19.0. The molecule has 1 aromatic rings. The Morgan fingerprint density at radius 3 is 2.36 bits per heavy atom. The fraction of sp³-hybridized carbons (Fsp3) is 0.636. The van der Waals surface area contributed by atoms with Gasteiger partial charge in [-0.15, -0.1) is 0 Å². The molecule has 0 aromatic carbocycles. The Balaban J connectivity index is 3.35. The number of aryl methyl sites for hydroxylation is 2. The molecular formula is C11H18N2O. The highest BCUT2D eigenvalue weighted by molar-refractivity contribution is 5.21. The number of hydrogen-bond acceptors (Lipinski definition) is 2. The molecule has 0 unspecified atom stereocenters. The van der Waals surface area contributed by atoms with Gasteiger partial charge in [0.15, 0.2) is 0 Å². The fourth-order valence-corrected chi connectivity index (χ4v) is 1.61. The largest absolute Gasteiger partial charge is 0.310 e. The Morgan fingerprint density at radius 1 is 1.29 bits per heavy atom. The van der Waals surface area contributed by atoms with Crippen LogP contribution in [-0.4, -0.2) is 9.97 Å². The molecule has 1 N–H and O–H groups in total. The zero-order valence-electron chi connectivity index (χ0n) is 9.35. The predicted octanol–water partition coefficient (Wildman–Crippen LogP) is 2.02. The molecule has 0 amide bonds. The summed E-state index contributed by atoms with van der Waals surface area (Å²) in [6, 6.07) is 0. The summed E-state index contributed by atoms with van der Waals surface area (Å²) in [6.07, 6.45) is 1.60. The van der Waals surface area contributed by atoms with Crippen LogP contribution >= 0.6 is 0 Å². The van der Waals surface area contributed by atoms with Crippen molar-refractivity contribution in [3.8, 4) is 0 Å². The number of H-pyrrole nitrogens is 1. The van der Waals surface area contributed by atoms with Crippen LogP contribution in [0.1, 0.15) is 50.7 Å². The van der Waals surface area contributed by atoms with Gasteiger partial charge in [0.05, 0.1) is 5.69 Å². The Labute approximate surface area is 84.6 Å². The highest BCUT2D eigenvalue weighted by Crippen LogP contribution is 2.13. The highest BCUT2D eigenvalue weighted by Gasteiger charge is 2.12. The number of aromatic nitrogens is 2. The van der Waals surface area contributed by atoms with Crippen molar-refractivity contribution in [1.29, 1.82) is 0 Å². The summed E-state index contributed by atoms with van der Waals surface area (Å²) in [5, 5.41) is 0. The van der Waals surface area contributed by atoms with E-state index in [4.69, 9.17) is 0 Å². The van der Waals surface area contributed by atoms with Crippen LogP contribution in [0, 0.1) is 0 Å². The summed E-state index contributed by atoms with van der Waals surface area (Å²) >= 11 is 0. The molecular weight excluding hydrogens is 176 g/mol. The number of rotatable bonds is 3. The molecule has 0 bridgehead atoms. The van der Waals surface area contributed by atoms with E-state index < -0.39 is 0 Å². The molecule has 1 aromatic heterocycles. The van der Waals surface area contributed by atoms with Crippen molar-refractivity contribution in [2.45, 2.75) is 46.5 Å². The van der Waals surface area contributed by atoms with Crippen molar-refractivity contribution in [2.75, 3.05) is 0 Å². The number of hydrogen-bond donors (Lipinski definition) is 1. The van der Waals surface area contributed by atoms with Crippen LogP contribution in [0.4, 0.5) is 0 Å². The standard InChI is InChI=1S/C11H18N2O/c1-5-8-10(7(3)4)11(14)13-9(6-2)12-8/h7H,5-6H2,1-4H3,(H,12,13,14). The van der Waals surface area contributed by atoms with E-state index in [2.05, 4.69) is 9.97 Å².